The van der Waals surface area contributed by atoms with Crippen LogP contribution in [0.1, 0.15) is 29.7 Å². The van der Waals surface area contributed by atoms with Gasteiger partial charge in [-0.3, -0.25) is 4.79 Å². The van der Waals surface area contributed by atoms with Gasteiger partial charge in [0.2, 0.25) is 0 Å². The average Bonchev–Trinajstić information content (AvgIpc) is 2.81. The lowest BCUT2D eigenvalue weighted by atomic mass is 10.1. The zero-order chi connectivity index (χ0) is 16.3. The maximum Gasteiger partial charge on any atom is 0.471 e. The minimum atomic E-state index is -4.92. The number of nitrogens with one attached hydrogen (secondary N) is 1. The van der Waals surface area contributed by atoms with Gasteiger partial charge in [-0.2, -0.15) is 13.2 Å². The van der Waals surface area contributed by atoms with Gasteiger partial charge in [-0.25, -0.2) is 0 Å². The van der Waals surface area contributed by atoms with E-state index < -0.39 is 24.2 Å². The number of methoxy groups -OCH3 is 1. The Bertz CT molecular complexity index is 572. The molecule has 1 aromatic carbocycles. The van der Waals surface area contributed by atoms with Gasteiger partial charge in [0.05, 0.1) is 25.9 Å². The van der Waals surface area contributed by atoms with E-state index in [0.717, 1.165) is 5.56 Å². The third kappa shape index (κ3) is 3.41. The molecule has 22 heavy (non-hydrogen) atoms. The third-order valence-electron chi connectivity index (χ3n) is 3.44. The van der Waals surface area contributed by atoms with Gasteiger partial charge in [0.15, 0.2) is 0 Å². The molecule has 0 aliphatic heterocycles. The molecule has 0 radical (unpaired) electrons. The van der Waals surface area contributed by atoms with Gasteiger partial charge in [0.1, 0.15) is 5.75 Å². The molecule has 1 aromatic rings. The van der Waals surface area contributed by atoms with Crippen LogP contribution >= 0.6 is 0 Å². The van der Waals surface area contributed by atoms with Crippen molar-refractivity contribution >= 4 is 5.91 Å². The summed E-state index contributed by atoms with van der Waals surface area (Å²) >= 11 is 0. The van der Waals surface area contributed by atoms with E-state index in [1.807, 2.05) is 5.32 Å². The van der Waals surface area contributed by atoms with Gasteiger partial charge in [0, 0.05) is 6.42 Å². The van der Waals surface area contributed by atoms with Crippen LogP contribution in [0.15, 0.2) is 30.9 Å². The van der Waals surface area contributed by atoms with E-state index in [1.54, 1.807) is 24.3 Å². The molecule has 2 atom stereocenters. The van der Waals surface area contributed by atoms with Crippen molar-refractivity contribution in [2.45, 2.75) is 24.7 Å². The molecule has 1 amide bonds. The predicted octanol–water partition coefficient (Wildman–Crippen LogP) is 3.06. The van der Waals surface area contributed by atoms with E-state index in [1.165, 1.54) is 7.11 Å². The largest absolute Gasteiger partial charge is 0.497 e. The maximum absolute atomic E-state index is 12.4. The molecular weight excluding hydrogens is 299 g/mol. The molecule has 0 fully saturated rings. The molecule has 7 heteroatoms. The van der Waals surface area contributed by atoms with E-state index in [-0.39, 0.29) is 13.0 Å². The minimum absolute atomic E-state index is 0.234. The molecule has 0 unspecified atom stereocenters. The number of fused-ring (bicyclic) bond motifs is 1. The molecule has 0 aromatic heterocycles. The number of benzene rings is 1. The molecule has 4 nitrogen and oxygen atoms in total. The summed E-state index contributed by atoms with van der Waals surface area (Å²) in [6.45, 7) is 3.82. The molecule has 0 spiro atoms. The first-order valence-corrected chi connectivity index (χ1v) is 6.64. The van der Waals surface area contributed by atoms with Crippen LogP contribution in [0.5, 0.6) is 5.75 Å². The van der Waals surface area contributed by atoms with Crippen molar-refractivity contribution in [2.24, 2.45) is 0 Å². The fraction of sp³-hybridized carbons (Fsp3) is 0.400. The standard InChI is InChI=1S/C15H16F3NO3/c1-3-6-22-13-8-12(19-14(20)15(16,17)18)11-7-9(21-2)4-5-10(11)13/h3-5,7,12-13H,1,6,8H2,2H3,(H,19,20)/t12-,13+/m1/s1. The Balaban J connectivity index is 2.26. The Kier molecular flexibility index (Phi) is 4.75. The van der Waals surface area contributed by atoms with E-state index in [0.29, 0.717) is 11.3 Å². The molecule has 1 aliphatic rings. The van der Waals surface area contributed by atoms with E-state index in [4.69, 9.17) is 9.47 Å². The Hall–Kier alpha value is -2.02. The van der Waals surface area contributed by atoms with Crippen LogP contribution in [0.2, 0.25) is 0 Å². The zero-order valence-corrected chi connectivity index (χ0v) is 11.9. The molecule has 0 heterocycles. The lowest BCUT2D eigenvalue weighted by molar-refractivity contribution is -0.174. The Morgan fingerprint density at radius 2 is 2.18 bits per heavy atom. The number of hydrogen-bond donors (Lipinski definition) is 1. The summed E-state index contributed by atoms with van der Waals surface area (Å²) in [6, 6.07) is 4.29. The lowest BCUT2D eigenvalue weighted by Crippen LogP contribution is -2.38. The van der Waals surface area contributed by atoms with E-state index in [9.17, 15) is 18.0 Å². The number of hydrogen-bond acceptors (Lipinski definition) is 3. The van der Waals surface area contributed by atoms with Crippen molar-refractivity contribution in [3.05, 3.63) is 42.0 Å². The van der Waals surface area contributed by atoms with Crippen LogP contribution < -0.4 is 10.1 Å². The first-order chi connectivity index (χ1) is 10.4. The molecule has 0 bridgehead atoms. The summed E-state index contributed by atoms with van der Waals surface area (Å²) in [6.07, 6.45) is -3.51. The summed E-state index contributed by atoms with van der Waals surface area (Å²) < 4.78 is 48.0. The van der Waals surface area contributed by atoms with Crippen molar-refractivity contribution in [2.75, 3.05) is 13.7 Å². The number of amides is 1. The van der Waals surface area contributed by atoms with Gasteiger partial charge in [-0.15, -0.1) is 6.58 Å². The van der Waals surface area contributed by atoms with Crippen molar-refractivity contribution in [1.82, 2.24) is 5.32 Å². The molecular formula is C15H16F3NO3. The van der Waals surface area contributed by atoms with E-state index >= 15 is 0 Å². The highest BCUT2D eigenvalue weighted by atomic mass is 19.4. The first-order valence-electron chi connectivity index (χ1n) is 6.64. The first kappa shape index (κ1) is 16.4. The third-order valence-corrected chi connectivity index (χ3v) is 3.44. The topological polar surface area (TPSA) is 47.6 Å². The number of carbonyl (C=O) groups excluding carboxylic acids is 1. The number of halogens is 3. The Morgan fingerprint density at radius 1 is 1.45 bits per heavy atom. The number of rotatable bonds is 5. The molecule has 1 N–H and O–H groups in total. The van der Waals surface area contributed by atoms with Gasteiger partial charge in [-0.05, 0) is 23.3 Å². The maximum atomic E-state index is 12.4. The van der Waals surface area contributed by atoms with Crippen LogP contribution in [0.4, 0.5) is 13.2 Å². The van der Waals surface area contributed by atoms with E-state index in [2.05, 4.69) is 6.58 Å². The van der Waals surface area contributed by atoms with Crippen LogP contribution in [0.3, 0.4) is 0 Å². The summed E-state index contributed by atoms with van der Waals surface area (Å²) in [5, 5.41) is 2.01. The Labute approximate surface area is 125 Å². The number of carbonyl (C=O) groups is 1. The quantitative estimate of drug-likeness (QED) is 0.850. The van der Waals surface area contributed by atoms with Crippen molar-refractivity contribution < 1.29 is 27.4 Å². The van der Waals surface area contributed by atoms with Gasteiger partial charge in [-0.1, -0.05) is 12.1 Å². The smallest absolute Gasteiger partial charge is 0.471 e. The molecule has 0 saturated heterocycles. The summed E-state index contributed by atoms with van der Waals surface area (Å²) in [4.78, 5) is 11.2. The fourth-order valence-electron chi connectivity index (χ4n) is 2.46. The normalized spacial score (nSPS) is 20.4. The predicted molar refractivity (Wildman–Crippen MR) is 73.4 cm³/mol. The second-order valence-corrected chi connectivity index (χ2v) is 4.87. The minimum Gasteiger partial charge on any atom is -0.497 e. The highest BCUT2D eigenvalue weighted by molar-refractivity contribution is 5.82. The SMILES string of the molecule is C=CCO[C@H]1C[C@@H](NC(=O)C(F)(F)F)c2cc(OC)ccc21. The van der Waals surface area contributed by atoms with Crippen LogP contribution in [-0.2, 0) is 9.53 Å². The van der Waals surface area contributed by atoms with Crippen molar-refractivity contribution in [3.8, 4) is 5.75 Å². The fourth-order valence-corrected chi connectivity index (χ4v) is 2.46. The molecule has 2 rings (SSSR count). The van der Waals surface area contributed by atoms with Gasteiger partial charge < -0.3 is 14.8 Å². The molecule has 0 saturated carbocycles. The number of alkyl halides is 3. The molecule has 120 valence electrons. The van der Waals surface area contributed by atoms with Crippen LogP contribution in [-0.4, -0.2) is 25.8 Å². The van der Waals surface area contributed by atoms with Crippen molar-refractivity contribution in [1.29, 1.82) is 0 Å². The highest BCUT2D eigenvalue weighted by Gasteiger charge is 2.42. The van der Waals surface area contributed by atoms with Crippen molar-refractivity contribution in [3.63, 3.8) is 0 Å². The summed E-state index contributed by atoms with van der Waals surface area (Å²) in [7, 11) is 1.46. The zero-order valence-electron chi connectivity index (χ0n) is 11.9. The van der Waals surface area contributed by atoms with Crippen LogP contribution in [0, 0.1) is 0 Å². The second-order valence-electron chi connectivity index (χ2n) is 4.87. The highest BCUT2D eigenvalue weighted by Crippen LogP contribution is 2.42. The van der Waals surface area contributed by atoms with Gasteiger partial charge >= 0.3 is 12.1 Å². The summed E-state index contributed by atoms with van der Waals surface area (Å²) in [5.74, 6) is -1.45. The Morgan fingerprint density at radius 3 is 2.77 bits per heavy atom. The summed E-state index contributed by atoms with van der Waals surface area (Å²) in [5.41, 5.74) is 1.32. The van der Waals surface area contributed by atoms with Crippen LogP contribution in [0.25, 0.3) is 0 Å². The average molecular weight is 315 g/mol. The number of ether oxygens (including phenoxy) is 2. The van der Waals surface area contributed by atoms with Gasteiger partial charge in [0.25, 0.3) is 0 Å². The molecule has 1 aliphatic carbocycles. The lowest BCUT2D eigenvalue weighted by Gasteiger charge is -2.16. The second kappa shape index (κ2) is 6.39. The monoisotopic (exact) mass is 315 g/mol.